The minimum atomic E-state index is -4.99. The lowest BCUT2D eigenvalue weighted by Gasteiger charge is -2.46. The van der Waals surface area contributed by atoms with Gasteiger partial charge in [0.05, 0.1) is 36.3 Å². The lowest BCUT2D eigenvalue weighted by molar-refractivity contribution is -0.136. The van der Waals surface area contributed by atoms with Crippen LogP contribution < -0.4 is 26.0 Å². The van der Waals surface area contributed by atoms with Gasteiger partial charge in [-0.15, -0.1) is 0 Å². The SMILES string of the molecule is C=CC(=O)Nc1cc(Nc2nc(-c3ccnc(N4CCn5c(cc6c5CC(C)(C)C6)C4=O)c3C(F)(F)F)cn(C)c2=O)cc(F)c1N1CCN(C2COC2)CC1C. The number of alkyl halides is 3. The van der Waals surface area contributed by atoms with E-state index >= 15 is 17.6 Å². The van der Waals surface area contributed by atoms with Crippen molar-refractivity contribution in [1.82, 2.24) is 24.0 Å². The molecule has 3 aliphatic heterocycles. The molecule has 8 rings (SSSR count). The highest BCUT2D eigenvalue weighted by molar-refractivity contribution is 6.06. The zero-order valence-electron chi connectivity index (χ0n) is 32.0. The third kappa shape index (κ3) is 6.96. The van der Waals surface area contributed by atoms with Crippen molar-refractivity contribution >= 4 is 40.5 Å². The molecule has 2 N–H and O–H groups in total. The van der Waals surface area contributed by atoms with Gasteiger partial charge in [0.15, 0.2) is 11.6 Å². The molecular formula is C40H43F4N9O4. The number of aryl methyl sites for hydroxylation is 1. The fourth-order valence-electron chi connectivity index (χ4n) is 8.54. The summed E-state index contributed by atoms with van der Waals surface area (Å²) in [6, 6.07) is 5.66. The minimum Gasteiger partial charge on any atom is -0.378 e. The van der Waals surface area contributed by atoms with Gasteiger partial charge in [-0.05, 0) is 61.1 Å². The summed E-state index contributed by atoms with van der Waals surface area (Å²) in [5.74, 6) is -2.86. The van der Waals surface area contributed by atoms with E-state index in [1.807, 2.05) is 16.4 Å². The lowest BCUT2D eigenvalue weighted by Crippen LogP contribution is -2.59. The summed E-state index contributed by atoms with van der Waals surface area (Å²) in [5.41, 5.74) is 0.114. The molecule has 1 atom stereocenters. The molecule has 6 heterocycles. The Labute approximate surface area is 325 Å². The van der Waals surface area contributed by atoms with Crippen LogP contribution in [-0.4, -0.2) is 87.3 Å². The summed E-state index contributed by atoms with van der Waals surface area (Å²) in [4.78, 5) is 53.5. The lowest BCUT2D eigenvalue weighted by atomic mass is 9.90. The first kappa shape index (κ1) is 38.3. The van der Waals surface area contributed by atoms with Gasteiger partial charge in [-0.25, -0.2) is 14.4 Å². The number of amides is 2. The number of piperazine rings is 1. The Balaban J connectivity index is 1.14. The maximum atomic E-state index is 16.2. The second-order valence-electron chi connectivity index (χ2n) is 16.0. The maximum absolute atomic E-state index is 16.2. The number of rotatable bonds is 8. The number of ether oxygens (including phenoxy) is 1. The molecule has 2 amide bonds. The molecule has 0 bridgehead atoms. The van der Waals surface area contributed by atoms with Crippen molar-refractivity contribution < 1.29 is 31.9 Å². The third-order valence-corrected chi connectivity index (χ3v) is 11.3. The van der Waals surface area contributed by atoms with E-state index in [2.05, 4.69) is 45.9 Å². The van der Waals surface area contributed by atoms with Crippen LogP contribution in [0.15, 0.2) is 54.1 Å². The Morgan fingerprint density at radius 1 is 1.09 bits per heavy atom. The molecule has 1 aliphatic carbocycles. The first-order valence-corrected chi connectivity index (χ1v) is 18.8. The highest BCUT2D eigenvalue weighted by Gasteiger charge is 2.43. The van der Waals surface area contributed by atoms with Gasteiger partial charge in [-0.1, -0.05) is 20.4 Å². The number of fused-ring (bicyclic) bond motifs is 3. The third-order valence-electron chi connectivity index (χ3n) is 11.3. The zero-order valence-corrected chi connectivity index (χ0v) is 32.0. The summed E-state index contributed by atoms with van der Waals surface area (Å²) in [5, 5.41) is 5.46. The highest BCUT2D eigenvalue weighted by Crippen LogP contribution is 2.44. The molecule has 0 saturated carbocycles. The minimum absolute atomic E-state index is 0.0129. The topological polar surface area (TPSA) is 130 Å². The fourth-order valence-corrected chi connectivity index (χ4v) is 8.54. The Morgan fingerprint density at radius 3 is 2.54 bits per heavy atom. The van der Waals surface area contributed by atoms with Crippen molar-refractivity contribution in [3.05, 3.63) is 88.0 Å². The van der Waals surface area contributed by atoms with Crippen LogP contribution in [0.4, 0.5) is 46.3 Å². The summed E-state index contributed by atoms with van der Waals surface area (Å²) >= 11 is 0. The zero-order chi connectivity index (χ0) is 40.6. The van der Waals surface area contributed by atoms with Crippen molar-refractivity contribution in [2.24, 2.45) is 12.5 Å². The number of benzene rings is 1. The van der Waals surface area contributed by atoms with Crippen LogP contribution in [0.1, 0.15) is 48.1 Å². The van der Waals surface area contributed by atoms with E-state index in [-0.39, 0.29) is 40.8 Å². The van der Waals surface area contributed by atoms with Crippen molar-refractivity contribution in [1.29, 1.82) is 0 Å². The van der Waals surface area contributed by atoms with Crippen LogP contribution in [0.3, 0.4) is 0 Å². The van der Waals surface area contributed by atoms with Gasteiger partial charge < -0.3 is 29.4 Å². The number of carbonyl (C=O) groups is 2. The molecule has 2 fully saturated rings. The summed E-state index contributed by atoms with van der Waals surface area (Å²) < 4.78 is 70.0. The molecule has 0 radical (unpaired) electrons. The Morgan fingerprint density at radius 2 is 1.86 bits per heavy atom. The Kier molecular flexibility index (Phi) is 9.50. The van der Waals surface area contributed by atoms with Crippen LogP contribution in [-0.2, 0) is 42.1 Å². The number of nitrogens with one attached hydrogen (secondary N) is 2. The van der Waals surface area contributed by atoms with Crippen molar-refractivity contribution in [2.45, 2.75) is 58.4 Å². The molecule has 300 valence electrons. The number of halogens is 4. The molecular weight excluding hydrogens is 746 g/mol. The molecule has 4 aliphatic rings. The Hall–Kier alpha value is -5.55. The van der Waals surface area contributed by atoms with Gasteiger partial charge in [-0.3, -0.25) is 24.2 Å². The van der Waals surface area contributed by atoms with Crippen molar-refractivity contribution in [3.63, 3.8) is 0 Å². The number of aromatic nitrogens is 4. The van der Waals surface area contributed by atoms with Gasteiger partial charge >= 0.3 is 6.18 Å². The number of carbonyl (C=O) groups excluding carboxylic acids is 2. The van der Waals surface area contributed by atoms with E-state index in [1.54, 1.807) is 6.07 Å². The number of nitrogens with zero attached hydrogens (tertiary/aromatic N) is 7. The second kappa shape index (κ2) is 14.1. The fraction of sp³-hybridized carbons (Fsp3) is 0.425. The Bertz CT molecular complexity index is 2370. The van der Waals surface area contributed by atoms with Crippen LogP contribution in [0.25, 0.3) is 11.3 Å². The number of hydrogen-bond acceptors (Lipinski definition) is 9. The molecule has 1 unspecified atom stereocenters. The van der Waals surface area contributed by atoms with Crippen LogP contribution in [0.2, 0.25) is 0 Å². The molecule has 3 aromatic heterocycles. The molecule has 13 nitrogen and oxygen atoms in total. The maximum Gasteiger partial charge on any atom is 0.420 e. The first-order chi connectivity index (χ1) is 27.0. The first-order valence-electron chi connectivity index (χ1n) is 18.8. The summed E-state index contributed by atoms with van der Waals surface area (Å²) in [7, 11) is 1.35. The van der Waals surface area contributed by atoms with Gasteiger partial charge in [0, 0.05) is 75.2 Å². The molecule has 2 saturated heterocycles. The standard InChI is InChI=1S/C40H43F4N9O4/c1-6-32(54)47-28-15-24(14-27(41)34(28)51-10-9-50(18-22(51)2)25-20-57-21-25)46-35-38(56)49(5)19-29(48-35)26-7-8-45-36(33(26)40(42,43)44)53-12-11-52-30(37(53)55)13-23-16-39(3,4)17-31(23)52/h6-8,13-15,19,22,25H,1,9-12,16-18,20-21H2,2-5H3,(H,46,48)(H,47,54). The van der Waals surface area contributed by atoms with Crippen LogP contribution >= 0.6 is 0 Å². The molecule has 57 heavy (non-hydrogen) atoms. The number of pyridine rings is 1. The average Bonchev–Trinajstić information content (AvgIpc) is 3.61. The van der Waals surface area contributed by atoms with Gasteiger partial charge in [0.2, 0.25) is 5.91 Å². The van der Waals surface area contributed by atoms with Crippen molar-refractivity contribution in [2.75, 3.05) is 59.8 Å². The van der Waals surface area contributed by atoms with Gasteiger partial charge in [0.25, 0.3) is 11.5 Å². The van der Waals surface area contributed by atoms with Crippen molar-refractivity contribution in [3.8, 4) is 11.3 Å². The number of hydrogen-bond donors (Lipinski definition) is 2. The number of anilines is 5. The van der Waals surface area contributed by atoms with E-state index in [9.17, 15) is 14.4 Å². The van der Waals surface area contributed by atoms with E-state index < -0.39 is 52.1 Å². The van der Waals surface area contributed by atoms with Crippen LogP contribution in [0, 0.1) is 11.2 Å². The predicted molar refractivity (Wildman–Crippen MR) is 207 cm³/mol. The highest BCUT2D eigenvalue weighted by atomic mass is 19.4. The monoisotopic (exact) mass is 789 g/mol. The average molecular weight is 790 g/mol. The molecule has 4 aromatic rings. The van der Waals surface area contributed by atoms with Gasteiger partial charge in [-0.2, -0.15) is 13.2 Å². The molecule has 0 spiro atoms. The summed E-state index contributed by atoms with van der Waals surface area (Å²) in [6.45, 7) is 13.1. The quantitative estimate of drug-likeness (QED) is 0.179. The molecule has 17 heteroatoms. The van der Waals surface area contributed by atoms with Crippen LogP contribution in [0.5, 0.6) is 0 Å². The largest absolute Gasteiger partial charge is 0.420 e. The molecule has 1 aromatic carbocycles. The van der Waals surface area contributed by atoms with E-state index in [4.69, 9.17) is 4.74 Å². The van der Waals surface area contributed by atoms with E-state index in [0.29, 0.717) is 51.1 Å². The second-order valence-corrected chi connectivity index (χ2v) is 16.0. The van der Waals surface area contributed by atoms with E-state index in [0.717, 1.165) is 58.0 Å². The predicted octanol–water partition coefficient (Wildman–Crippen LogP) is 5.36. The van der Waals surface area contributed by atoms with Gasteiger partial charge in [0.1, 0.15) is 17.1 Å². The smallest absolute Gasteiger partial charge is 0.378 e. The summed E-state index contributed by atoms with van der Waals surface area (Å²) in [6.07, 6.45) is -0.0780. The normalized spacial score (nSPS) is 19.6. The van der Waals surface area contributed by atoms with E-state index in [1.165, 1.54) is 19.3 Å².